The van der Waals surface area contributed by atoms with Gasteiger partial charge in [-0.05, 0) is 72.9 Å². The summed E-state index contributed by atoms with van der Waals surface area (Å²) < 4.78 is 88.2. The first-order chi connectivity index (χ1) is 17.9. The number of halogens is 6. The number of rotatable bonds is 6. The molecule has 4 atom stereocenters. The fourth-order valence-corrected chi connectivity index (χ4v) is 5.79. The van der Waals surface area contributed by atoms with Crippen molar-refractivity contribution in [3.63, 3.8) is 0 Å². The minimum atomic E-state index is -4.92. The number of alkyl halides is 6. The van der Waals surface area contributed by atoms with Crippen LogP contribution in [0.25, 0.3) is 0 Å². The second-order valence-corrected chi connectivity index (χ2v) is 10.3. The summed E-state index contributed by atoms with van der Waals surface area (Å²) in [6.07, 6.45) is -8.52. The third kappa shape index (κ3) is 4.91. The van der Waals surface area contributed by atoms with Crippen LogP contribution in [0.3, 0.4) is 0 Å². The van der Waals surface area contributed by atoms with Crippen LogP contribution in [0.5, 0.6) is 0 Å². The highest BCUT2D eigenvalue weighted by Crippen LogP contribution is 2.51. The first-order valence-corrected chi connectivity index (χ1v) is 12.4. The van der Waals surface area contributed by atoms with Gasteiger partial charge in [0.1, 0.15) is 0 Å². The van der Waals surface area contributed by atoms with E-state index in [0.717, 1.165) is 23.5 Å². The lowest BCUT2D eigenvalue weighted by Gasteiger charge is -2.42. The van der Waals surface area contributed by atoms with Gasteiger partial charge in [0.05, 0.1) is 35.4 Å². The van der Waals surface area contributed by atoms with E-state index in [2.05, 4.69) is 20.8 Å². The summed E-state index contributed by atoms with van der Waals surface area (Å²) in [5.74, 6) is 0.690. The number of piperidine rings is 1. The second kappa shape index (κ2) is 9.64. The lowest BCUT2D eigenvalue weighted by atomic mass is 9.80. The minimum absolute atomic E-state index is 0.0314. The van der Waals surface area contributed by atoms with Crippen LogP contribution >= 0.6 is 0 Å². The van der Waals surface area contributed by atoms with Gasteiger partial charge in [-0.2, -0.15) is 26.3 Å². The summed E-state index contributed by atoms with van der Waals surface area (Å²) in [7, 11) is 0. The highest BCUT2D eigenvalue weighted by atomic mass is 19.4. The molecular weight excluding hydrogens is 512 g/mol. The first kappa shape index (κ1) is 26.6. The fourth-order valence-electron chi connectivity index (χ4n) is 5.79. The molecule has 4 unspecified atom stereocenters. The van der Waals surface area contributed by atoms with Crippen molar-refractivity contribution < 1.29 is 31.1 Å². The van der Waals surface area contributed by atoms with Crippen LogP contribution in [0.2, 0.25) is 0 Å². The Labute approximate surface area is 215 Å². The second-order valence-electron chi connectivity index (χ2n) is 10.3. The molecule has 2 fully saturated rings. The summed E-state index contributed by atoms with van der Waals surface area (Å²) in [6, 6.07) is 11.2. The Morgan fingerprint density at radius 1 is 1.00 bits per heavy atom. The predicted octanol–water partition coefficient (Wildman–Crippen LogP) is 6.01. The van der Waals surface area contributed by atoms with Crippen LogP contribution in [0.15, 0.2) is 48.5 Å². The van der Waals surface area contributed by atoms with Crippen molar-refractivity contribution in [3.05, 3.63) is 76.6 Å². The van der Waals surface area contributed by atoms with Gasteiger partial charge in [-0.15, -0.1) is 5.10 Å². The Morgan fingerprint density at radius 2 is 1.66 bits per heavy atom. The number of hydrogen-bond acceptors (Lipinski definition) is 5. The smallest absolute Gasteiger partial charge is 0.371 e. The topological polar surface area (TPSA) is 64.9 Å². The maximum atomic E-state index is 13.4. The molecule has 2 aliphatic rings. The summed E-state index contributed by atoms with van der Waals surface area (Å²) in [6.45, 7) is 3.57. The van der Waals surface area contributed by atoms with Crippen molar-refractivity contribution in [2.45, 2.75) is 81.7 Å². The van der Waals surface area contributed by atoms with Crippen molar-refractivity contribution in [2.75, 3.05) is 0 Å². The van der Waals surface area contributed by atoms with Crippen LogP contribution in [0.1, 0.15) is 73.1 Å². The zero-order valence-corrected chi connectivity index (χ0v) is 20.7. The number of fused-ring (bicyclic) bond motifs is 2. The van der Waals surface area contributed by atoms with Crippen LogP contribution in [0.4, 0.5) is 26.3 Å². The third-order valence-electron chi connectivity index (χ3n) is 7.49. The Kier molecular flexibility index (Phi) is 6.75. The van der Waals surface area contributed by atoms with Gasteiger partial charge in [0, 0.05) is 12.0 Å². The molecule has 204 valence electrons. The number of ether oxygens (including phenoxy) is 1. The average Bonchev–Trinajstić information content (AvgIpc) is 3.47. The van der Waals surface area contributed by atoms with Crippen LogP contribution in [0, 0.1) is 0 Å². The Morgan fingerprint density at radius 3 is 2.26 bits per heavy atom. The number of tetrazole rings is 1. The van der Waals surface area contributed by atoms with E-state index in [1.807, 2.05) is 44.2 Å². The van der Waals surface area contributed by atoms with Crippen molar-refractivity contribution in [3.8, 4) is 0 Å². The van der Waals surface area contributed by atoms with Crippen molar-refractivity contribution in [1.29, 1.82) is 0 Å². The van der Waals surface area contributed by atoms with E-state index in [1.54, 1.807) is 4.68 Å². The van der Waals surface area contributed by atoms with E-state index >= 15 is 0 Å². The largest absolute Gasteiger partial charge is 0.416 e. The summed E-state index contributed by atoms with van der Waals surface area (Å²) in [5, 5.41) is 16.0. The van der Waals surface area contributed by atoms with Crippen molar-refractivity contribution in [1.82, 2.24) is 25.5 Å². The maximum Gasteiger partial charge on any atom is 0.416 e. The molecule has 0 radical (unpaired) electrons. The number of hydrogen-bond donors (Lipinski definition) is 1. The van der Waals surface area contributed by atoms with Gasteiger partial charge in [0.2, 0.25) is 0 Å². The molecule has 2 aromatic carbocycles. The van der Waals surface area contributed by atoms with Gasteiger partial charge in [0.15, 0.2) is 5.82 Å². The fraction of sp³-hybridized carbons (Fsp3) is 0.500. The summed E-state index contributed by atoms with van der Waals surface area (Å²) in [5.41, 5.74) is -2.67. The van der Waals surface area contributed by atoms with Gasteiger partial charge in [-0.25, -0.2) is 4.68 Å². The molecule has 0 amide bonds. The Balaban J connectivity index is 1.47. The lowest BCUT2D eigenvalue weighted by Crippen LogP contribution is -2.54. The van der Waals surface area contributed by atoms with E-state index in [9.17, 15) is 26.3 Å². The quantitative estimate of drug-likeness (QED) is 0.389. The minimum Gasteiger partial charge on any atom is -0.371 e. The Hall–Kier alpha value is -2.99. The van der Waals surface area contributed by atoms with E-state index in [-0.39, 0.29) is 29.6 Å². The van der Waals surface area contributed by atoms with Crippen LogP contribution in [-0.4, -0.2) is 32.4 Å². The zero-order valence-electron chi connectivity index (χ0n) is 20.7. The molecule has 6 nitrogen and oxygen atoms in total. The van der Waals surface area contributed by atoms with Gasteiger partial charge in [-0.3, -0.25) is 0 Å². The van der Waals surface area contributed by atoms with Gasteiger partial charge in [0.25, 0.3) is 0 Å². The van der Waals surface area contributed by atoms with E-state index < -0.39 is 41.7 Å². The number of aromatic nitrogens is 4. The molecule has 38 heavy (non-hydrogen) atoms. The van der Waals surface area contributed by atoms with Crippen molar-refractivity contribution >= 4 is 0 Å². The standard InChI is InChI=1S/C26H27F6N5O/c1-15(2)37-23(34-35-36-37)20-13-24(17-6-4-3-5-7-17)22(9-8-21(20)33-24)38-14-16-10-18(25(27,28)29)12-19(11-16)26(30,31)32/h3-7,10-12,15,20-22,33H,8-9,13-14H2,1-2H3. The van der Waals surface area contributed by atoms with Crippen LogP contribution in [-0.2, 0) is 29.2 Å². The molecule has 2 saturated heterocycles. The highest BCUT2D eigenvalue weighted by molar-refractivity contribution is 5.35. The number of nitrogens with zero attached hydrogens (tertiary/aromatic N) is 4. The maximum absolute atomic E-state index is 13.4. The molecule has 0 aliphatic carbocycles. The van der Waals surface area contributed by atoms with E-state index in [1.165, 1.54) is 0 Å². The van der Waals surface area contributed by atoms with Crippen molar-refractivity contribution in [2.24, 2.45) is 0 Å². The highest BCUT2D eigenvalue weighted by Gasteiger charge is 2.56. The van der Waals surface area contributed by atoms with E-state index in [0.29, 0.717) is 19.3 Å². The summed E-state index contributed by atoms with van der Waals surface area (Å²) in [4.78, 5) is 0. The normalized spacial score (nSPS) is 25.8. The lowest BCUT2D eigenvalue weighted by molar-refractivity contribution is -0.143. The SMILES string of the molecule is CC(C)n1nnnc1C1CC2(c3ccccc3)NC1CCC2OCc1cc(C(F)(F)F)cc(C(F)(F)F)c1. The molecule has 1 N–H and O–H groups in total. The monoisotopic (exact) mass is 539 g/mol. The number of benzene rings is 2. The van der Waals surface area contributed by atoms with Gasteiger partial charge >= 0.3 is 12.4 Å². The molecule has 12 heteroatoms. The third-order valence-corrected chi connectivity index (χ3v) is 7.49. The first-order valence-electron chi connectivity index (χ1n) is 12.4. The predicted molar refractivity (Wildman–Crippen MR) is 125 cm³/mol. The van der Waals surface area contributed by atoms with Gasteiger partial charge < -0.3 is 10.1 Å². The molecule has 2 bridgehead atoms. The zero-order chi connectivity index (χ0) is 27.3. The summed E-state index contributed by atoms with van der Waals surface area (Å²) >= 11 is 0. The molecular formula is C26H27F6N5O. The van der Waals surface area contributed by atoms with Crippen LogP contribution < -0.4 is 5.32 Å². The molecule has 1 aromatic heterocycles. The molecule has 0 saturated carbocycles. The Bertz CT molecular complexity index is 1240. The number of nitrogens with one attached hydrogen (secondary N) is 1. The molecule has 2 aliphatic heterocycles. The molecule has 3 heterocycles. The molecule has 3 aromatic rings. The van der Waals surface area contributed by atoms with E-state index in [4.69, 9.17) is 4.74 Å². The average molecular weight is 540 g/mol. The van der Waals surface area contributed by atoms with Gasteiger partial charge in [-0.1, -0.05) is 30.3 Å². The molecule has 0 spiro atoms. The molecule has 5 rings (SSSR count).